The van der Waals surface area contributed by atoms with E-state index in [2.05, 4.69) is 0 Å². The lowest BCUT2D eigenvalue weighted by molar-refractivity contribution is -0.203. The predicted octanol–water partition coefficient (Wildman–Crippen LogP) is 4.70. The zero-order chi connectivity index (χ0) is 16.0. The van der Waals surface area contributed by atoms with Gasteiger partial charge in [0, 0.05) is 10.1 Å². The molecule has 118 valence electrons. The molecule has 22 heavy (non-hydrogen) atoms. The first-order chi connectivity index (χ1) is 10.5. The van der Waals surface area contributed by atoms with Crippen LogP contribution >= 0.6 is 11.8 Å². The van der Waals surface area contributed by atoms with Crippen LogP contribution in [0.5, 0.6) is 0 Å². The number of aliphatic hydroxyl groups excluding tert-OH is 1. The molecule has 0 spiro atoms. The molecule has 0 saturated heterocycles. The van der Waals surface area contributed by atoms with Crippen LogP contribution in [-0.4, -0.2) is 22.6 Å². The predicted molar refractivity (Wildman–Crippen MR) is 82.9 cm³/mol. The third kappa shape index (κ3) is 5.07. The zero-order valence-electron chi connectivity index (χ0n) is 11.8. The summed E-state index contributed by atoms with van der Waals surface area (Å²) in [6.45, 7) is 0. The first-order valence-corrected chi connectivity index (χ1v) is 7.85. The highest BCUT2D eigenvalue weighted by Gasteiger charge is 2.43. The lowest BCUT2D eigenvalue weighted by Crippen LogP contribution is -2.38. The normalized spacial score (nSPS) is 14.5. The second-order valence-electron chi connectivity index (χ2n) is 4.98. The van der Waals surface area contributed by atoms with E-state index in [0.717, 1.165) is 22.2 Å². The highest BCUT2D eigenvalue weighted by Crippen LogP contribution is 2.35. The van der Waals surface area contributed by atoms with Crippen LogP contribution in [0.1, 0.15) is 12.0 Å². The first kappa shape index (κ1) is 16.9. The van der Waals surface area contributed by atoms with Crippen molar-refractivity contribution in [1.29, 1.82) is 0 Å². The Morgan fingerprint density at radius 3 is 2.00 bits per heavy atom. The number of aliphatic hydroxyl groups is 1. The van der Waals surface area contributed by atoms with Crippen LogP contribution in [0.15, 0.2) is 65.6 Å². The third-order valence-corrected chi connectivity index (χ3v) is 4.62. The fraction of sp³-hybridized carbons (Fsp3) is 0.294. The maximum Gasteiger partial charge on any atom is 0.415 e. The molecule has 0 aliphatic heterocycles. The van der Waals surface area contributed by atoms with Crippen molar-refractivity contribution in [2.45, 2.75) is 35.3 Å². The van der Waals surface area contributed by atoms with Gasteiger partial charge in [-0.1, -0.05) is 48.5 Å². The van der Waals surface area contributed by atoms with Crippen molar-refractivity contribution in [2.75, 3.05) is 0 Å². The Labute approximate surface area is 132 Å². The van der Waals surface area contributed by atoms with E-state index in [1.54, 1.807) is 24.3 Å². The molecule has 0 fully saturated rings. The smallest absolute Gasteiger partial charge is 0.383 e. The molecule has 0 aliphatic carbocycles. The van der Waals surface area contributed by atoms with E-state index in [1.165, 1.54) is 0 Å². The van der Waals surface area contributed by atoms with E-state index in [9.17, 15) is 18.3 Å². The zero-order valence-corrected chi connectivity index (χ0v) is 12.6. The van der Waals surface area contributed by atoms with Crippen molar-refractivity contribution >= 4 is 11.8 Å². The average Bonchev–Trinajstić information content (AvgIpc) is 2.52. The Morgan fingerprint density at radius 1 is 0.909 bits per heavy atom. The minimum Gasteiger partial charge on any atom is -0.383 e. The molecule has 0 bridgehead atoms. The van der Waals surface area contributed by atoms with Crippen molar-refractivity contribution in [3.8, 4) is 0 Å². The number of benzene rings is 2. The molecule has 5 heteroatoms. The number of aryl methyl sites for hydroxylation is 1. The Kier molecular flexibility index (Phi) is 5.91. The molecular formula is C17H17F3OS. The SMILES string of the molecule is O[C@@H]([C@@H](CCc1ccccc1)Sc1ccccc1)C(F)(F)F. The summed E-state index contributed by atoms with van der Waals surface area (Å²) < 4.78 is 38.6. The van der Waals surface area contributed by atoms with Gasteiger partial charge in [-0.05, 0) is 30.5 Å². The number of hydrogen-bond donors (Lipinski definition) is 1. The second-order valence-corrected chi connectivity index (χ2v) is 6.29. The number of hydrogen-bond acceptors (Lipinski definition) is 2. The first-order valence-electron chi connectivity index (χ1n) is 6.97. The minimum atomic E-state index is -4.61. The molecule has 0 amide bonds. The van der Waals surface area contributed by atoms with Crippen LogP contribution in [0.3, 0.4) is 0 Å². The van der Waals surface area contributed by atoms with Gasteiger partial charge in [0.2, 0.25) is 0 Å². The monoisotopic (exact) mass is 326 g/mol. The molecule has 1 nitrogen and oxygen atoms in total. The van der Waals surface area contributed by atoms with Crippen LogP contribution < -0.4 is 0 Å². The van der Waals surface area contributed by atoms with Crippen LogP contribution in [0.4, 0.5) is 13.2 Å². The van der Waals surface area contributed by atoms with Gasteiger partial charge in [0.05, 0.1) is 0 Å². The van der Waals surface area contributed by atoms with Crippen LogP contribution in [-0.2, 0) is 6.42 Å². The highest BCUT2D eigenvalue weighted by atomic mass is 32.2. The number of rotatable bonds is 6. The Morgan fingerprint density at radius 2 is 1.45 bits per heavy atom. The fourth-order valence-corrected chi connectivity index (χ4v) is 3.30. The molecular weight excluding hydrogens is 309 g/mol. The quantitative estimate of drug-likeness (QED) is 0.776. The van der Waals surface area contributed by atoms with Crippen molar-refractivity contribution in [3.05, 3.63) is 66.2 Å². The third-order valence-electron chi connectivity index (χ3n) is 3.28. The summed E-state index contributed by atoms with van der Waals surface area (Å²) in [7, 11) is 0. The van der Waals surface area contributed by atoms with Gasteiger partial charge in [0.25, 0.3) is 0 Å². The molecule has 0 radical (unpaired) electrons. The van der Waals surface area contributed by atoms with Gasteiger partial charge in [0.1, 0.15) is 0 Å². The van der Waals surface area contributed by atoms with Crippen LogP contribution in [0, 0.1) is 0 Å². The fourth-order valence-electron chi connectivity index (χ4n) is 2.12. The average molecular weight is 326 g/mol. The van der Waals surface area contributed by atoms with Crippen molar-refractivity contribution in [1.82, 2.24) is 0 Å². The Balaban J connectivity index is 2.07. The Bertz CT molecular complexity index is 557. The van der Waals surface area contributed by atoms with Crippen molar-refractivity contribution in [3.63, 3.8) is 0 Å². The number of halogens is 3. The van der Waals surface area contributed by atoms with Gasteiger partial charge in [-0.2, -0.15) is 13.2 Å². The topological polar surface area (TPSA) is 20.2 Å². The number of alkyl halides is 3. The van der Waals surface area contributed by atoms with E-state index in [1.807, 2.05) is 36.4 Å². The van der Waals surface area contributed by atoms with Gasteiger partial charge in [-0.15, -0.1) is 11.8 Å². The van der Waals surface area contributed by atoms with Crippen molar-refractivity contribution < 1.29 is 18.3 Å². The molecule has 2 atom stereocenters. The summed E-state index contributed by atoms with van der Waals surface area (Å²) in [4.78, 5) is 0.726. The van der Waals surface area contributed by atoms with Gasteiger partial charge in [-0.3, -0.25) is 0 Å². The maximum absolute atomic E-state index is 12.9. The van der Waals surface area contributed by atoms with E-state index in [-0.39, 0.29) is 6.42 Å². The van der Waals surface area contributed by atoms with Crippen LogP contribution in [0.25, 0.3) is 0 Å². The molecule has 2 rings (SSSR count). The Hall–Kier alpha value is -1.46. The molecule has 0 unspecified atom stereocenters. The molecule has 0 heterocycles. The summed E-state index contributed by atoms with van der Waals surface area (Å²) >= 11 is 1.07. The molecule has 2 aromatic rings. The highest BCUT2D eigenvalue weighted by molar-refractivity contribution is 8.00. The lowest BCUT2D eigenvalue weighted by atomic mass is 10.1. The number of thioether (sulfide) groups is 1. The summed E-state index contributed by atoms with van der Waals surface area (Å²) in [6.07, 6.45) is -6.19. The van der Waals surface area contributed by atoms with Gasteiger partial charge < -0.3 is 5.11 Å². The molecule has 0 aromatic heterocycles. The minimum absolute atomic E-state index is 0.254. The van der Waals surface area contributed by atoms with Gasteiger partial charge in [0.15, 0.2) is 6.10 Å². The lowest BCUT2D eigenvalue weighted by Gasteiger charge is -2.24. The molecule has 2 aromatic carbocycles. The van der Waals surface area contributed by atoms with Gasteiger partial charge in [-0.25, -0.2) is 0 Å². The summed E-state index contributed by atoms with van der Waals surface area (Å²) in [5, 5.41) is 8.71. The maximum atomic E-state index is 12.9. The second kappa shape index (κ2) is 7.70. The van der Waals surface area contributed by atoms with Gasteiger partial charge >= 0.3 is 6.18 Å². The van der Waals surface area contributed by atoms with E-state index in [0.29, 0.717) is 6.42 Å². The van der Waals surface area contributed by atoms with E-state index < -0.39 is 17.5 Å². The van der Waals surface area contributed by atoms with Crippen LogP contribution in [0.2, 0.25) is 0 Å². The molecule has 1 N–H and O–H groups in total. The standard InChI is InChI=1S/C17H17F3OS/c18-17(19,20)16(21)15(22-14-9-5-2-6-10-14)12-11-13-7-3-1-4-8-13/h1-10,15-16,21H,11-12H2/t15-,16+/m1/s1. The van der Waals surface area contributed by atoms with Crippen molar-refractivity contribution in [2.24, 2.45) is 0 Å². The summed E-state index contributed by atoms with van der Waals surface area (Å²) in [5.74, 6) is 0. The summed E-state index contributed by atoms with van der Waals surface area (Å²) in [5.41, 5.74) is 0.968. The van der Waals surface area contributed by atoms with E-state index >= 15 is 0 Å². The molecule has 0 aliphatic rings. The largest absolute Gasteiger partial charge is 0.415 e. The molecule has 0 saturated carbocycles. The summed E-state index contributed by atoms with van der Waals surface area (Å²) in [6, 6.07) is 18.2. The van der Waals surface area contributed by atoms with E-state index in [4.69, 9.17) is 0 Å².